The molecule has 0 aromatic rings. The van der Waals surface area contributed by atoms with Crippen molar-refractivity contribution in [3.63, 3.8) is 0 Å². The van der Waals surface area contributed by atoms with Gasteiger partial charge >= 0.3 is 5.97 Å². The summed E-state index contributed by atoms with van der Waals surface area (Å²) >= 11 is 0. The molecule has 4 N–H and O–H groups in total. The lowest BCUT2D eigenvalue weighted by molar-refractivity contribution is -0.143. The van der Waals surface area contributed by atoms with Crippen LogP contribution >= 0.6 is 0 Å². The monoisotopic (exact) mass is 260 g/mol. The fourth-order valence-corrected chi connectivity index (χ4v) is 1.78. The van der Waals surface area contributed by atoms with E-state index in [2.05, 4.69) is 10.6 Å². The summed E-state index contributed by atoms with van der Waals surface area (Å²) in [6.07, 6.45) is 1.76. The second kappa shape index (κ2) is 8.02. The molecular weight excluding hydrogens is 240 g/mol. The van der Waals surface area contributed by atoms with Crippen molar-refractivity contribution < 1.29 is 24.5 Å². The van der Waals surface area contributed by atoms with Crippen LogP contribution in [0.15, 0.2) is 0 Å². The highest BCUT2D eigenvalue weighted by Crippen LogP contribution is 2.06. The average molecular weight is 260 g/mol. The van der Waals surface area contributed by atoms with E-state index in [-0.39, 0.29) is 25.7 Å². The predicted octanol–water partition coefficient (Wildman–Crippen LogP) is -1.29. The third kappa shape index (κ3) is 5.44. The Morgan fingerprint density at radius 1 is 1.39 bits per heavy atom. The second-order valence-corrected chi connectivity index (χ2v) is 4.23. The molecule has 0 radical (unpaired) electrons. The Bertz CT molecular complexity index is 279. The van der Waals surface area contributed by atoms with Crippen molar-refractivity contribution in [2.24, 2.45) is 0 Å². The molecule has 0 aromatic heterocycles. The molecule has 1 atom stereocenters. The minimum atomic E-state index is -1.15. The van der Waals surface area contributed by atoms with Crippen LogP contribution in [0.3, 0.4) is 0 Å². The van der Waals surface area contributed by atoms with E-state index >= 15 is 0 Å². The minimum Gasteiger partial charge on any atom is -0.480 e. The Kier molecular flexibility index (Phi) is 6.63. The van der Waals surface area contributed by atoms with Gasteiger partial charge in [-0.2, -0.15) is 0 Å². The first-order chi connectivity index (χ1) is 8.63. The third-order valence-corrected chi connectivity index (χ3v) is 2.79. The number of nitrogens with one attached hydrogen (secondary N) is 2. The zero-order valence-corrected chi connectivity index (χ0v) is 10.2. The number of carbonyl (C=O) groups excluding carboxylic acids is 1. The summed E-state index contributed by atoms with van der Waals surface area (Å²) in [5.41, 5.74) is 0. The standard InChI is InChI=1S/C11H20N2O5/c14-6-3-9(11(16)17)13-10(15)7-18-8-1-4-12-5-2-8/h8-9,12,14H,1-7H2,(H,13,15)(H,16,17)/t9-/m1/s1. The first kappa shape index (κ1) is 14.9. The molecule has 0 spiro atoms. The van der Waals surface area contributed by atoms with Gasteiger partial charge in [0.1, 0.15) is 12.6 Å². The van der Waals surface area contributed by atoms with Crippen LogP contribution < -0.4 is 10.6 Å². The highest BCUT2D eigenvalue weighted by Gasteiger charge is 2.20. The fraction of sp³-hybridized carbons (Fsp3) is 0.818. The number of ether oxygens (including phenoxy) is 1. The summed E-state index contributed by atoms with van der Waals surface area (Å²) in [7, 11) is 0. The van der Waals surface area contributed by atoms with Crippen LogP contribution in [0.1, 0.15) is 19.3 Å². The SMILES string of the molecule is O=C(COC1CCNCC1)N[C@H](CCO)C(=O)O. The molecule has 104 valence electrons. The van der Waals surface area contributed by atoms with Gasteiger partial charge in [-0.1, -0.05) is 0 Å². The molecule has 1 fully saturated rings. The molecule has 18 heavy (non-hydrogen) atoms. The molecule has 0 aromatic carbocycles. The van der Waals surface area contributed by atoms with E-state index < -0.39 is 17.9 Å². The summed E-state index contributed by atoms with van der Waals surface area (Å²) < 4.78 is 5.40. The van der Waals surface area contributed by atoms with E-state index in [1.165, 1.54) is 0 Å². The van der Waals surface area contributed by atoms with Crippen LogP contribution in [0.25, 0.3) is 0 Å². The van der Waals surface area contributed by atoms with Gasteiger partial charge in [0, 0.05) is 13.0 Å². The van der Waals surface area contributed by atoms with Crippen LogP contribution in [0.5, 0.6) is 0 Å². The highest BCUT2D eigenvalue weighted by molar-refractivity contribution is 5.84. The van der Waals surface area contributed by atoms with Gasteiger partial charge in [0.25, 0.3) is 0 Å². The van der Waals surface area contributed by atoms with Crippen molar-refractivity contribution in [2.45, 2.75) is 31.4 Å². The molecule has 0 saturated carbocycles. The van der Waals surface area contributed by atoms with Crippen LogP contribution in [-0.4, -0.2) is 60.5 Å². The Morgan fingerprint density at radius 3 is 2.61 bits per heavy atom. The molecule has 7 nitrogen and oxygen atoms in total. The Balaban J connectivity index is 2.24. The van der Waals surface area contributed by atoms with Gasteiger partial charge in [0.05, 0.1) is 6.10 Å². The largest absolute Gasteiger partial charge is 0.480 e. The predicted molar refractivity (Wildman–Crippen MR) is 63.1 cm³/mol. The van der Waals surface area contributed by atoms with Crippen LogP contribution in [-0.2, 0) is 14.3 Å². The van der Waals surface area contributed by atoms with Crippen molar-refractivity contribution in [1.29, 1.82) is 0 Å². The van der Waals surface area contributed by atoms with E-state index in [0.717, 1.165) is 25.9 Å². The molecule has 1 rings (SSSR count). The van der Waals surface area contributed by atoms with E-state index in [1.807, 2.05) is 0 Å². The lowest BCUT2D eigenvalue weighted by atomic mass is 10.1. The fourth-order valence-electron chi connectivity index (χ4n) is 1.78. The maximum atomic E-state index is 11.5. The number of amides is 1. The van der Waals surface area contributed by atoms with Crippen molar-refractivity contribution in [2.75, 3.05) is 26.3 Å². The molecule has 1 aliphatic rings. The number of carboxylic acid groups (broad SMARTS) is 1. The zero-order valence-electron chi connectivity index (χ0n) is 10.2. The average Bonchev–Trinajstić information content (AvgIpc) is 2.37. The molecule has 0 aliphatic carbocycles. The van der Waals surface area contributed by atoms with Crippen LogP contribution in [0, 0.1) is 0 Å². The molecule has 1 amide bonds. The molecule has 7 heteroatoms. The second-order valence-electron chi connectivity index (χ2n) is 4.23. The van der Waals surface area contributed by atoms with Gasteiger partial charge in [0.15, 0.2) is 0 Å². The quantitative estimate of drug-likeness (QED) is 0.453. The van der Waals surface area contributed by atoms with E-state index in [9.17, 15) is 9.59 Å². The van der Waals surface area contributed by atoms with Gasteiger partial charge in [-0.3, -0.25) is 4.79 Å². The smallest absolute Gasteiger partial charge is 0.326 e. The lowest BCUT2D eigenvalue weighted by Crippen LogP contribution is -2.44. The first-order valence-corrected chi connectivity index (χ1v) is 6.09. The number of piperidine rings is 1. The normalized spacial score (nSPS) is 18.3. The van der Waals surface area contributed by atoms with E-state index in [4.69, 9.17) is 14.9 Å². The summed E-state index contributed by atoms with van der Waals surface area (Å²) in [5.74, 6) is -1.62. The van der Waals surface area contributed by atoms with Gasteiger partial charge < -0.3 is 25.6 Å². The van der Waals surface area contributed by atoms with Crippen molar-refractivity contribution >= 4 is 11.9 Å². The topological polar surface area (TPSA) is 108 Å². The molecule has 1 aliphatic heterocycles. The van der Waals surface area contributed by atoms with Gasteiger partial charge in [-0.25, -0.2) is 4.79 Å². The lowest BCUT2D eigenvalue weighted by Gasteiger charge is -2.23. The minimum absolute atomic E-state index is 0.00553. The highest BCUT2D eigenvalue weighted by atomic mass is 16.5. The molecule has 0 bridgehead atoms. The Morgan fingerprint density at radius 2 is 2.06 bits per heavy atom. The molecule has 0 unspecified atom stereocenters. The van der Waals surface area contributed by atoms with Crippen molar-refractivity contribution in [3.8, 4) is 0 Å². The van der Waals surface area contributed by atoms with Crippen molar-refractivity contribution in [3.05, 3.63) is 0 Å². The molecular formula is C11H20N2O5. The van der Waals surface area contributed by atoms with Gasteiger partial charge in [-0.05, 0) is 25.9 Å². The number of aliphatic hydroxyl groups is 1. The number of hydrogen-bond donors (Lipinski definition) is 4. The molecule has 1 saturated heterocycles. The van der Waals surface area contributed by atoms with E-state index in [0.29, 0.717) is 0 Å². The Labute approximate surface area is 106 Å². The Hall–Kier alpha value is -1.18. The maximum absolute atomic E-state index is 11.5. The van der Waals surface area contributed by atoms with Gasteiger partial charge in [0.2, 0.25) is 5.91 Å². The number of carboxylic acids is 1. The third-order valence-electron chi connectivity index (χ3n) is 2.79. The zero-order chi connectivity index (χ0) is 13.4. The van der Waals surface area contributed by atoms with Crippen LogP contribution in [0.4, 0.5) is 0 Å². The summed E-state index contributed by atoms with van der Waals surface area (Å²) in [5, 5.41) is 23.0. The summed E-state index contributed by atoms with van der Waals surface area (Å²) in [4.78, 5) is 22.2. The number of carbonyl (C=O) groups is 2. The number of rotatable bonds is 7. The van der Waals surface area contributed by atoms with E-state index in [1.54, 1.807) is 0 Å². The summed E-state index contributed by atoms with van der Waals surface area (Å²) in [6, 6.07) is -1.06. The number of aliphatic carboxylic acids is 1. The maximum Gasteiger partial charge on any atom is 0.326 e. The number of aliphatic hydroxyl groups excluding tert-OH is 1. The van der Waals surface area contributed by atoms with Gasteiger partial charge in [-0.15, -0.1) is 0 Å². The van der Waals surface area contributed by atoms with Crippen LogP contribution in [0.2, 0.25) is 0 Å². The molecule has 1 heterocycles. The first-order valence-electron chi connectivity index (χ1n) is 6.09. The van der Waals surface area contributed by atoms with Crippen molar-refractivity contribution in [1.82, 2.24) is 10.6 Å². The number of hydrogen-bond acceptors (Lipinski definition) is 5. The summed E-state index contributed by atoms with van der Waals surface area (Å²) in [6.45, 7) is 1.31.